The Kier molecular flexibility index (Phi) is 10.9. The van der Waals surface area contributed by atoms with Crippen LogP contribution in [0.4, 0.5) is 0 Å². The van der Waals surface area contributed by atoms with E-state index < -0.39 is 11.9 Å². The fourth-order valence-electron chi connectivity index (χ4n) is 10.4. The molecule has 0 radical (unpaired) electrons. The van der Waals surface area contributed by atoms with Gasteiger partial charge >= 0.3 is 0 Å². The third kappa shape index (κ3) is 7.03. The summed E-state index contributed by atoms with van der Waals surface area (Å²) in [6.07, 6.45) is 10.3. The number of hydrogen-bond acceptors (Lipinski definition) is 9. The van der Waals surface area contributed by atoms with Crippen molar-refractivity contribution in [1.29, 1.82) is 0 Å². The van der Waals surface area contributed by atoms with Crippen molar-refractivity contribution in [2.45, 2.75) is 183 Å². The lowest BCUT2D eigenvalue weighted by molar-refractivity contribution is -0.262. The van der Waals surface area contributed by atoms with E-state index in [9.17, 15) is 10.2 Å². The largest absolute Gasteiger partial charge is 0.394 e. The lowest BCUT2D eigenvalue weighted by Gasteiger charge is -2.42. The molecular formula is C40H62O9. The van der Waals surface area contributed by atoms with Gasteiger partial charge in [-0.3, -0.25) is 0 Å². The first kappa shape index (κ1) is 36.2. The van der Waals surface area contributed by atoms with Crippen molar-refractivity contribution in [3.63, 3.8) is 0 Å². The van der Waals surface area contributed by atoms with Crippen LogP contribution in [0.5, 0.6) is 0 Å². The highest BCUT2D eigenvalue weighted by Gasteiger charge is 2.67. The second kappa shape index (κ2) is 14.7. The highest BCUT2D eigenvalue weighted by atomic mass is 16.8. The summed E-state index contributed by atoms with van der Waals surface area (Å²) in [5.41, 5.74) is 2.33. The second-order valence-electron chi connectivity index (χ2n) is 16.6. The van der Waals surface area contributed by atoms with E-state index in [2.05, 4.69) is 47.4 Å². The van der Waals surface area contributed by atoms with E-state index in [4.69, 9.17) is 33.2 Å². The summed E-state index contributed by atoms with van der Waals surface area (Å²) in [6, 6.07) is 0. The van der Waals surface area contributed by atoms with Gasteiger partial charge in [0, 0.05) is 31.6 Å². The molecule has 0 spiro atoms. The minimum absolute atomic E-state index is 0.0248. The van der Waals surface area contributed by atoms with E-state index in [0.717, 1.165) is 69.8 Å². The molecule has 0 saturated carbocycles. The molecule has 4 unspecified atom stereocenters. The number of rotatable bonds is 14. The van der Waals surface area contributed by atoms with Gasteiger partial charge in [-0.25, -0.2) is 0 Å². The van der Waals surface area contributed by atoms with E-state index >= 15 is 0 Å². The van der Waals surface area contributed by atoms with E-state index in [1.807, 2.05) is 6.08 Å². The molecule has 8 heterocycles. The minimum atomic E-state index is -0.747. The van der Waals surface area contributed by atoms with Crippen LogP contribution in [0.1, 0.15) is 98.3 Å². The first-order valence-electron chi connectivity index (χ1n) is 19.4. The Bertz CT molecular complexity index is 1210. The molecule has 6 bridgehead atoms. The van der Waals surface area contributed by atoms with Crippen molar-refractivity contribution in [2.75, 3.05) is 6.61 Å². The Morgan fingerprint density at radius 1 is 0.857 bits per heavy atom. The first-order valence-corrected chi connectivity index (χ1v) is 19.4. The zero-order valence-corrected chi connectivity index (χ0v) is 30.3. The molecule has 9 heteroatoms. The molecule has 49 heavy (non-hydrogen) atoms. The maximum absolute atomic E-state index is 10.1. The highest BCUT2D eigenvalue weighted by Crippen LogP contribution is 2.54. The molecule has 0 aliphatic carbocycles. The SMILES string of the molecule is C=CC[C@@H]1O[C@H]2C3O[C@]4(CC[C@H]5CC(=C)C(CC[C@H]6C[C@@H](C)C(=C)[C@@H](CC7O[C@H](C[C@H](O)CO)[C@H](C)[C@H]7CC)O6)O5)C[C@H]3O[C@H]2C(O4)[C@H]1C. The van der Waals surface area contributed by atoms with Crippen molar-refractivity contribution in [3.05, 3.63) is 37.0 Å². The van der Waals surface area contributed by atoms with E-state index in [1.54, 1.807) is 0 Å². The van der Waals surface area contributed by atoms with Gasteiger partial charge in [0.2, 0.25) is 0 Å². The van der Waals surface area contributed by atoms with Crippen LogP contribution in [-0.4, -0.2) is 102 Å². The monoisotopic (exact) mass is 686 g/mol. The van der Waals surface area contributed by atoms with Crippen molar-refractivity contribution in [2.24, 2.45) is 23.7 Å². The molecule has 9 nitrogen and oxygen atoms in total. The van der Waals surface area contributed by atoms with E-state index in [0.29, 0.717) is 24.2 Å². The van der Waals surface area contributed by atoms with Gasteiger partial charge in [-0.05, 0) is 67.4 Å². The minimum Gasteiger partial charge on any atom is -0.394 e. The third-order valence-corrected chi connectivity index (χ3v) is 13.4. The molecule has 18 atom stereocenters. The van der Waals surface area contributed by atoms with Crippen LogP contribution in [0.25, 0.3) is 0 Å². The Morgan fingerprint density at radius 2 is 1.61 bits per heavy atom. The van der Waals surface area contributed by atoms with Gasteiger partial charge in [-0.2, -0.15) is 0 Å². The molecule has 0 amide bonds. The van der Waals surface area contributed by atoms with Crippen molar-refractivity contribution >= 4 is 0 Å². The number of aliphatic hydroxyl groups excluding tert-OH is 2. The molecule has 0 aromatic rings. The maximum atomic E-state index is 10.1. The van der Waals surface area contributed by atoms with Crippen LogP contribution in [0.15, 0.2) is 37.0 Å². The number of aliphatic hydroxyl groups is 2. The molecule has 2 N–H and O–H groups in total. The molecule has 8 fully saturated rings. The van der Waals surface area contributed by atoms with Gasteiger partial charge in [0.15, 0.2) is 5.79 Å². The van der Waals surface area contributed by atoms with Crippen molar-refractivity contribution in [3.8, 4) is 0 Å². The zero-order valence-electron chi connectivity index (χ0n) is 30.3. The molecule has 8 rings (SSSR count). The van der Waals surface area contributed by atoms with Crippen LogP contribution in [0, 0.1) is 23.7 Å². The van der Waals surface area contributed by atoms with Crippen LogP contribution in [-0.2, 0) is 33.2 Å². The number of ether oxygens (including phenoxy) is 7. The molecule has 0 aromatic heterocycles. The van der Waals surface area contributed by atoms with E-state index in [1.165, 1.54) is 5.57 Å². The fourth-order valence-corrected chi connectivity index (χ4v) is 10.4. The third-order valence-electron chi connectivity index (χ3n) is 13.4. The normalized spacial score (nSPS) is 49.5. The predicted molar refractivity (Wildman–Crippen MR) is 185 cm³/mol. The Labute approximate surface area is 293 Å². The maximum Gasteiger partial charge on any atom is 0.172 e. The van der Waals surface area contributed by atoms with Crippen molar-refractivity contribution < 1.29 is 43.4 Å². The summed E-state index contributed by atoms with van der Waals surface area (Å²) in [5.74, 6) is 0.644. The Morgan fingerprint density at radius 3 is 2.37 bits per heavy atom. The molecular weight excluding hydrogens is 624 g/mol. The topological polar surface area (TPSA) is 105 Å². The predicted octanol–water partition coefficient (Wildman–Crippen LogP) is 5.80. The summed E-state index contributed by atoms with van der Waals surface area (Å²) in [7, 11) is 0. The van der Waals surface area contributed by atoms with Gasteiger partial charge in [0.05, 0.1) is 67.6 Å². The lowest BCUT2D eigenvalue weighted by atomic mass is 9.80. The smallest absolute Gasteiger partial charge is 0.172 e. The summed E-state index contributed by atoms with van der Waals surface area (Å²) in [4.78, 5) is 0. The zero-order chi connectivity index (χ0) is 34.6. The van der Waals surface area contributed by atoms with Crippen LogP contribution >= 0.6 is 0 Å². The van der Waals surface area contributed by atoms with Gasteiger partial charge < -0.3 is 43.4 Å². The second-order valence-corrected chi connectivity index (χ2v) is 16.6. The molecule has 276 valence electrons. The molecule has 8 saturated heterocycles. The Hall–Kier alpha value is -1.14. The quantitative estimate of drug-likeness (QED) is 0.219. The summed E-state index contributed by atoms with van der Waals surface area (Å²) >= 11 is 0. The molecule has 8 aliphatic rings. The molecule has 0 aromatic carbocycles. The average molecular weight is 687 g/mol. The van der Waals surface area contributed by atoms with E-state index in [-0.39, 0.29) is 85.8 Å². The fraction of sp³-hybridized carbons (Fsp3) is 0.850. The molecule has 8 aliphatic heterocycles. The Balaban J connectivity index is 0.908. The van der Waals surface area contributed by atoms with Gasteiger partial charge in [-0.1, -0.05) is 53.3 Å². The first-order chi connectivity index (χ1) is 23.5. The summed E-state index contributed by atoms with van der Waals surface area (Å²) in [6.45, 7) is 21.5. The standard InChI is InChI=1S/C40H62O9/c1-8-10-31-25(7)36-38-39(46-31)37-35(47-38)19-40(48-36,49-37)14-13-28-16-22(4)30(43-28)12-11-27-15-21(3)23(5)33(44-27)18-34-29(9-2)24(6)32(45-34)17-26(42)20-41/h8,21,24-39,41-42H,1,4-5,9-20H2,2-3,6-7H3/t21-,24-,25+,26+,27+,28+,29-,30?,31+,32-,33-,34?,35-,36?,37?,38+,39+,40-/m1/s1. The van der Waals surface area contributed by atoms with Gasteiger partial charge in [-0.15, -0.1) is 6.58 Å². The van der Waals surface area contributed by atoms with Gasteiger partial charge in [0.25, 0.3) is 0 Å². The van der Waals surface area contributed by atoms with Crippen LogP contribution in [0.2, 0.25) is 0 Å². The van der Waals surface area contributed by atoms with Crippen LogP contribution in [0.3, 0.4) is 0 Å². The van der Waals surface area contributed by atoms with Gasteiger partial charge in [0.1, 0.15) is 18.3 Å². The number of hydrogen-bond donors (Lipinski definition) is 2. The van der Waals surface area contributed by atoms with Crippen molar-refractivity contribution in [1.82, 2.24) is 0 Å². The lowest BCUT2D eigenvalue weighted by Crippen LogP contribution is -2.54. The summed E-state index contributed by atoms with van der Waals surface area (Å²) in [5, 5.41) is 19.5. The average Bonchev–Trinajstić information content (AvgIpc) is 3.74. The highest BCUT2D eigenvalue weighted by molar-refractivity contribution is 5.14. The van der Waals surface area contributed by atoms with Crippen LogP contribution < -0.4 is 0 Å². The summed E-state index contributed by atoms with van der Waals surface area (Å²) < 4.78 is 46.5.